The van der Waals surface area contributed by atoms with Gasteiger partial charge in [-0.3, -0.25) is 0 Å². The largest absolute Gasteiger partial charge is 0.679 e. The first kappa shape index (κ1) is 14.0. The molecule has 0 heterocycles. The minimum absolute atomic E-state index is 0.182. The molecule has 0 fully saturated rings. The summed E-state index contributed by atoms with van der Waals surface area (Å²) in [5.41, 5.74) is 0. The maximum absolute atomic E-state index is 8.96. The van der Waals surface area contributed by atoms with Crippen molar-refractivity contribution in [2.24, 2.45) is 0 Å². The molecule has 14 heavy (non-hydrogen) atoms. The van der Waals surface area contributed by atoms with E-state index in [0.29, 0.717) is 0 Å². The van der Waals surface area contributed by atoms with Crippen LogP contribution < -0.4 is 0 Å². The standard InChI is InChI=1S/C7H18O6Si/c1-9-6-7(5-8)13-14(10-2,11-3)12-4/h7-8H,5-6H2,1-4H3. The summed E-state index contributed by atoms with van der Waals surface area (Å²) in [6.07, 6.45) is -0.508. The van der Waals surface area contributed by atoms with Crippen LogP contribution in [0.1, 0.15) is 0 Å². The van der Waals surface area contributed by atoms with Gasteiger partial charge in [0.2, 0.25) is 0 Å². The Balaban J connectivity index is 4.24. The van der Waals surface area contributed by atoms with Crippen LogP contribution in [0.2, 0.25) is 0 Å². The Morgan fingerprint density at radius 1 is 1.07 bits per heavy atom. The molecule has 0 saturated heterocycles. The molecule has 0 bridgehead atoms. The van der Waals surface area contributed by atoms with Crippen LogP contribution >= 0.6 is 0 Å². The Bertz CT molecular complexity index is 132. The summed E-state index contributed by atoms with van der Waals surface area (Å²) in [7, 11) is 2.73. The van der Waals surface area contributed by atoms with E-state index in [9.17, 15) is 0 Å². The second-order valence-corrected chi connectivity index (χ2v) is 4.95. The lowest BCUT2D eigenvalue weighted by Gasteiger charge is -2.27. The van der Waals surface area contributed by atoms with Gasteiger partial charge < -0.3 is 27.5 Å². The van der Waals surface area contributed by atoms with Crippen molar-refractivity contribution in [3.63, 3.8) is 0 Å². The van der Waals surface area contributed by atoms with E-state index in [1.54, 1.807) is 0 Å². The van der Waals surface area contributed by atoms with Gasteiger partial charge in [0, 0.05) is 28.4 Å². The van der Waals surface area contributed by atoms with Crippen molar-refractivity contribution in [1.29, 1.82) is 0 Å². The van der Waals surface area contributed by atoms with Crippen LogP contribution in [0.15, 0.2) is 0 Å². The van der Waals surface area contributed by atoms with E-state index in [2.05, 4.69) is 0 Å². The van der Waals surface area contributed by atoms with Gasteiger partial charge >= 0.3 is 9.05 Å². The number of methoxy groups -OCH3 is 1. The summed E-state index contributed by atoms with van der Waals surface area (Å²) in [4.78, 5) is 0. The monoisotopic (exact) mass is 226 g/mol. The molecule has 0 aromatic carbocycles. The summed E-state index contributed by atoms with van der Waals surface area (Å²) >= 11 is 0. The van der Waals surface area contributed by atoms with Crippen molar-refractivity contribution in [3.05, 3.63) is 0 Å². The molecular weight excluding hydrogens is 208 g/mol. The highest BCUT2D eigenvalue weighted by molar-refractivity contribution is 6.53. The predicted molar refractivity (Wildman–Crippen MR) is 50.6 cm³/mol. The summed E-state index contributed by atoms with van der Waals surface area (Å²) in [6.45, 7) is 0.0694. The minimum atomic E-state index is -3.08. The van der Waals surface area contributed by atoms with Gasteiger partial charge in [0.25, 0.3) is 0 Å². The van der Waals surface area contributed by atoms with Crippen LogP contribution in [0.3, 0.4) is 0 Å². The van der Waals surface area contributed by atoms with Crippen LogP contribution in [0, 0.1) is 0 Å². The lowest BCUT2D eigenvalue weighted by atomic mass is 10.4. The zero-order chi connectivity index (χ0) is 11.0. The second kappa shape index (κ2) is 7.29. The number of aliphatic hydroxyl groups is 1. The molecule has 1 unspecified atom stereocenters. The van der Waals surface area contributed by atoms with Gasteiger partial charge in [0.1, 0.15) is 0 Å². The molecule has 0 saturated carbocycles. The molecule has 0 radical (unpaired) electrons. The molecule has 6 nitrogen and oxygen atoms in total. The average Bonchev–Trinajstić information content (AvgIpc) is 2.25. The Morgan fingerprint density at radius 2 is 1.57 bits per heavy atom. The van der Waals surface area contributed by atoms with Crippen LogP contribution in [0.25, 0.3) is 0 Å². The van der Waals surface area contributed by atoms with Crippen LogP contribution in [-0.4, -0.2) is 61.9 Å². The van der Waals surface area contributed by atoms with Crippen molar-refractivity contribution in [2.45, 2.75) is 6.10 Å². The fraction of sp³-hybridized carbons (Fsp3) is 1.00. The van der Waals surface area contributed by atoms with E-state index in [1.807, 2.05) is 0 Å². The van der Waals surface area contributed by atoms with Gasteiger partial charge in [-0.2, -0.15) is 0 Å². The SMILES string of the molecule is COCC(CO)O[Si](OC)(OC)OC. The van der Waals surface area contributed by atoms with Gasteiger partial charge in [-0.1, -0.05) is 0 Å². The number of hydrogen-bond donors (Lipinski definition) is 1. The van der Waals surface area contributed by atoms with Crippen LogP contribution in [0.4, 0.5) is 0 Å². The number of aliphatic hydroxyl groups excluding tert-OH is 1. The Kier molecular flexibility index (Phi) is 7.28. The first-order valence-electron chi connectivity index (χ1n) is 4.11. The third-order valence-electron chi connectivity index (χ3n) is 1.62. The van der Waals surface area contributed by atoms with E-state index in [-0.39, 0.29) is 13.2 Å². The van der Waals surface area contributed by atoms with Gasteiger partial charge in [0.05, 0.1) is 19.3 Å². The molecule has 0 aromatic heterocycles. The maximum Gasteiger partial charge on any atom is 0.679 e. The molecule has 0 aromatic rings. The predicted octanol–water partition coefficient (Wildman–Crippen LogP) is -0.615. The highest BCUT2D eigenvalue weighted by atomic mass is 28.4. The molecule has 0 spiro atoms. The highest BCUT2D eigenvalue weighted by Gasteiger charge is 2.44. The number of hydrogen-bond acceptors (Lipinski definition) is 6. The van der Waals surface area contributed by atoms with E-state index in [1.165, 1.54) is 28.4 Å². The van der Waals surface area contributed by atoms with Crippen LogP contribution in [-0.2, 0) is 22.4 Å². The van der Waals surface area contributed by atoms with Crippen molar-refractivity contribution in [2.75, 3.05) is 41.7 Å². The topological polar surface area (TPSA) is 66.4 Å². The third kappa shape index (κ3) is 4.01. The third-order valence-corrected chi connectivity index (χ3v) is 3.74. The molecule has 1 N–H and O–H groups in total. The van der Waals surface area contributed by atoms with E-state index < -0.39 is 15.2 Å². The molecular formula is C7H18O6Si. The molecule has 0 amide bonds. The lowest BCUT2D eigenvalue weighted by molar-refractivity contribution is -0.0580. The molecule has 86 valence electrons. The minimum Gasteiger partial charge on any atom is -0.394 e. The molecule has 0 aliphatic heterocycles. The smallest absolute Gasteiger partial charge is 0.394 e. The Morgan fingerprint density at radius 3 is 1.86 bits per heavy atom. The first-order chi connectivity index (χ1) is 6.67. The fourth-order valence-corrected chi connectivity index (χ4v) is 2.25. The molecule has 7 heteroatoms. The number of ether oxygens (including phenoxy) is 1. The summed E-state index contributed by atoms with van der Waals surface area (Å²) in [6, 6.07) is 0. The summed E-state index contributed by atoms with van der Waals surface area (Å²) < 4.78 is 25.3. The highest BCUT2D eigenvalue weighted by Crippen LogP contribution is 2.11. The van der Waals surface area contributed by atoms with Crippen molar-refractivity contribution >= 4 is 9.05 Å². The normalized spacial score (nSPS) is 14.4. The van der Waals surface area contributed by atoms with Gasteiger partial charge in [0.15, 0.2) is 0 Å². The molecule has 0 rings (SSSR count). The van der Waals surface area contributed by atoms with Gasteiger partial charge in [-0.05, 0) is 0 Å². The number of rotatable bonds is 8. The summed E-state index contributed by atoms with van der Waals surface area (Å²) in [5.74, 6) is 0. The summed E-state index contributed by atoms with van der Waals surface area (Å²) in [5, 5.41) is 8.96. The zero-order valence-electron chi connectivity index (χ0n) is 8.98. The second-order valence-electron chi connectivity index (χ2n) is 2.49. The quantitative estimate of drug-likeness (QED) is 0.557. The van der Waals surface area contributed by atoms with E-state index in [0.717, 1.165) is 0 Å². The van der Waals surface area contributed by atoms with E-state index in [4.69, 9.17) is 27.5 Å². The lowest BCUT2D eigenvalue weighted by Crippen LogP contribution is -2.50. The van der Waals surface area contributed by atoms with Gasteiger partial charge in [-0.15, -0.1) is 0 Å². The molecule has 0 aliphatic rings. The maximum atomic E-state index is 8.96. The zero-order valence-corrected chi connectivity index (χ0v) is 9.98. The van der Waals surface area contributed by atoms with Crippen molar-refractivity contribution < 1.29 is 27.5 Å². The average molecular weight is 226 g/mol. The fourth-order valence-electron chi connectivity index (χ4n) is 0.908. The Labute approximate surface area is 85.2 Å². The van der Waals surface area contributed by atoms with Crippen molar-refractivity contribution in [3.8, 4) is 0 Å². The van der Waals surface area contributed by atoms with Crippen molar-refractivity contribution in [1.82, 2.24) is 0 Å². The van der Waals surface area contributed by atoms with Crippen LogP contribution in [0.5, 0.6) is 0 Å². The molecule has 0 aliphatic carbocycles. The first-order valence-corrected chi connectivity index (χ1v) is 5.74. The Hall–Kier alpha value is -0.0231. The molecule has 1 atom stereocenters. The van der Waals surface area contributed by atoms with E-state index >= 15 is 0 Å². The van der Waals surface area contributed by atoms with Gasteiger partial charge in [-0.25, -0.2) is 0 Å².